The van der Waals surface area contributed by atoms with Gasteiger partial charge < -0.3 is 9.88 Å². The Balaban J connectivity index is 1.51. The van der Waals surface area contributed by atoms with Crippen LogP contribution >= 0.6 is 0 Å². The van der Waals surface area contributed by atoms with Gasteiger partial charge in [0.25, 0.3) is 5.91 Å². The average molecular weight is 329 g/mol. The number of carbonyl (C=O) groups is 1. The van der Waals surface area contributed by atoms with Crippen LogP contribution in [0, 0.1) is 0 Å². The highest BCUT2D eigenvalue weighted by Gasteiger charge is 2.33. The number of nitrogens with one attached hydrogen (secondary N) is 1. The van der Waals surface area contributed by atoms with Gasteiger partial charge >= 0.3 is 0 Å². The highest BCUT2D eigenvalue weighted by Crippen LogP contribution is 2.37. The van der Waals surface area contributed by atoms with Crippen LogP contribution in [-0.2, 0) is 6.42 Å². The van der Waals surface area contributed by atoms with Gasteiger partial charge in [-0.05, 0) is 54.2 Å². The SMILES string of the molecule is O=C(c1ccc2nc[nH]c2c1)N1CCC=C2c3ccccc3CCC21. The number of aromatic nitrogens is 2. The number of fused-ring (bicyclic) bond motifs is 4. The molecule has 1 aliphatic carbocycles. The van der Waals surface area contributed by atoms with E-state index in [-0.39, 0.29) is 11.9 Å². The van der Waals surface area contributed by atoms with Crippen molar-refractivity contribution >= 4 is 22.5 Å². The van der Waals surface area contributed by atoms with Crippen molar-refractivity contribution in [3.8, 4) is 0 Å². The van der Waals surface area contributed by atoms with Gasteiger partial charge in [0, 0.05) is 12.1 Å². The highest BCUT2D eigenvalue weighted by atomic mass is 16.2. The van der Waals surface area contributed by atoms with Crippen LogP contribution in [0.1, 0.15) is 34.3 Å². The minimum Gasteiger partial charge on any atom is -0.345 e. The third-order valence-electron chi connectivity index (χ3n) is 5.41. The van der Waals surface area contributed by atoms with E-state index in [0.717, 1.165) is 42.4 Å². The van der Waals surface area contributed by atoms with Gasteiger partial charge in [0.05, 0.1) is 23.4 Å². The largest absolute Gasteiger partial charge is 0.345 e. The molecule has 25 heavy (non-hydrogen) atoms. The molecule has 1 atom stereocenters. The summed E-state index contributed by atoms with van der Waals surface area (Å²) < 4.78 is 0. The van der Waals surface area contributed by atoms with E-state index in [1.165, 1.54) is 16.7 Å². The maximum Gasteiger partial charge on any atom is 0.254 e. The fraction of sp³-hybridized carbons (Fsp3) is 0.238. The molecule has 5 rings (SSSR count). The molecule has 1 unspecified atom stereocenters. The van der Waals surface area contributed by atoms with E-state index in [2.05, 4.69) is 45.2 Å². The number of H-pyrrole nitrogens is 1. The van der Waals surface area contributed by atoms with E-state index in [0.29, 0.717) is 0 Å². The number of imidazole rings is 1. The number of hydrogen-bond donors (Lipinski definition) is 1. The molecule has 4 nitrogen and oxygen atoms in total. The van der Waals surface area contributed by atoms with Crippen LogP contribution in [0.3, 0.4) is 0 Å². The molecule has 2 aromatic carbocycles. The number of carbonyl (C=O) groups excluding carboxylic acids is 1. The molecule has 0 saturated heterocycles. The van der Waals surface area contributed by atoms with Crippen molar-refractivity contribution in [1.29, 1.82) is 0 Å². The van der Waals surface area contributed by atoms with E-state index in [1.807, 2.05) is 18.2 Å². The monoisotopic (exact) mass is 329 g/mol. The van der Waals surface area contributed by atoms with Crippen LogP contribution in [0.4, 0.5) is 0 Å². The van der Waals surface area contributed by atoms with Crippen molar-refractivity contribution in [3.63, 3.8) is 0 Å². The van der Waals surface area contributed by atoms with E-state index >= 15 is 0 Å². The summed E-state index contributed by atoms with van der Waals surface area (Å²) >= 11 is 0. The summed E-state index contributed by atoms with van der Waals surface area (Å²) in [5.41, 5.74) is 6.58. The molecule has 3 aromatic rings. The number of aryl methyl sites for hydroxylation is 1. The highest BCUT2D eigenvalue weighted by molar-refractivity contribution is 5.99. The first kappa shape index (κ1) is 14.5. The van der Waals surface area contributed by atoms with Crippen molar-refractivity contribution in [2.24, 2.45) is 0 Å². The Morgan fingerprint density at radius 1 is 1.20 bits per heavy atom. The van der Waals surface area contributed by atoms with Gasteiger partial charge in [-0.1, -0.05) is 30.3 Å². The van der Waals surface area contributed by atoms with Crippen LogP contribution in [0.25, 0.3) is 16.6 Å². The van der Waals surface area contributed by atoms with Gasteiger partial charge in [-0.25, -0.2) is 4.98 Å². The minimum absolute atomic E-state index is 0.117. The molecular weight excluding hydrogens is 310 g/mol. The molecule has 2 aliphatic rings. The molecule has 0 radical (unpaired) electrons. The smallest absolute Gasteiger partial charge is 0.254 e. The average Bonchev–Trinajstić information content (AvgIpc) is 3.14. The fourth-order valence-corrected chi connectivity index (χ4v) is 4.21. The van der Waals surface area contributed by atoms with Crippen LogP contribution < -0.4 is 0 Å². The number of hydrogen-bond acceptors (Lipinski definition) is 2. The van der Waals surface area contributed by atoms with E-state index < -0.39 is 0 Å². The molecule has 1 amide bonds. The van der Waals surface area contributed by atoms with Crippen LogP contribution in [-0.4, -0.2) is 33.4 Å². The molecule has 1 N–H and O–H groups in total. The topological polar surface area (TPSA) is 49.0 Å². The van der Waals surface area contributed by atoms with Gasteiger partial charge in [0.1, 0.15) is 0 Å². The first-order valence-electron chi connectivity index (χ1n) is 8.84. The van der Waals surface area contributed by atoms with Crippen molar-refractivity contribution in [2.75, 3.05) is 6.54 Å². The molecule has 0 spiro atoms. The van der Waals surface area contributed by atoms with Crippen LogP contribution in [0.2, 0.25) is 0 Å². The lowest BCUT2D eigenvalue weighted by molar-refractivity contribution is 0.0706. The van der Waals surface area contributed by atoms with Gasteiger partial charge in [0.15, 0.2) is 0 Å². The fourth-order valence-electron chi connectivity index (χ4n) is 4.21. The molecular formula is C21H19N3O. The normalized spacial score (nSPS) is 19.3. The first-order valence-corrected chi connectivity index (χ1v) is 8.84. The third kappa shape index (κ3) is 2.29. The maximum absolute atomic E-state index is 13.2. The maximum atomic E-state index is 13.2. The quantitative estimate of drug-likeness (QED) is 0.738. The zero-order valence-corrected chi connectivity index (χ0v) is 13.9. The van der Waals surface area contributed by atoms with Crippen molar-refractivity contribution in [3.05, 3.63) is 71.6 Å². The van der Waals surface area contributed by atoms with Gasteiger partial charge in [-0.15, -0.1) is 0 Å². The Bertz CT molecular complexity index is 1000. The summed E-state index contributed by atoms with van der Waals surface area (Å²) in [4.78, 5) is 22.6. The zero-order valence-electron chi connectivity index (χ0n) is 13.9. The second kappa shape index (κ2) is 5.59. The molecule has 0 saturated carbocycles. The van der Waals surface area contributed by atoms with E-state index in [9.17, 15) is 4.79 Å². The number of nitrogens with zero attached hydrogens (tertiary/aromatic N) is 2. The predicted octanol–water partition coefficient (Wildman–Crippen LogP) is 3.81. The number of rotatable bonds is 1. The zero-order chi connectivity index (χ0) is 16.8. The lowest BCUT2D eigenvalue weighted by Crippen LogP contribution is -2.45. The number of aromatic amines is 1. The first-order chi connectivity index (χ1) is 12.3. The molecule has 1 aliphatic heterocycles. The summed E-state index contributed by atoms with van der Waals surface area (Å²) in [5, 5.41) is 0. The summed E-state index contributed by atoms with van der Waals surface area (Å²) in [6, 6.07) is 14.5. The Hall–Kier alpha value is -2.88. The lowest BCUT2D eigenvalue weighted by atomic mass is 9.80. The predicted molar refractivity (Wildman–Crippen MR) is 98.3 cm³/mol. The van der Waals surface area contributed by atoms with Crippen molar-refractivity contribution in [1.82, 2.24) is 14.9 Å². The second-order valence-electron chi connectivity index (χ2n) is 6.79. The summed E-state index contributed by atoms with van der Waals surface area (Å²) in [6.45, 7) is 0.788. The second-order valence-corrected chi connectivity index (χ2v) is 6.79. The summed E-state index contributed by atoms with van der Waals surface area (Å²) in [5.74, 6) is 0.117. The lowest BCUT2D eigenvalue weighted by Gasteiger charge is -2.40. The van der Waals surface area contributed by atoms with E-state index in [1.54, 1.807) is 6.33 Å². The molecule has 4 heteroatoms. The molecule has 124 valence electrons. The summed E-state index contributed by atoms with van der Waals surface area (Å²) in [7, 11) is 0. The van der Waals surface area contributed by atoms with Gasteiger partial charge in [-0.2, -0.15) is 0 Å². The van der Waals surface area contributed by atoms with Gasteiger partial charge in [0.2, 0.25) is 0 Å². The molecule has 1 aromatic heterocycles. The Kier molecular flexibility index (Phi) is 3.23. The summed E-state index contributed by atoms with van der Waals surface area (Å²) in [6.07, 6.45) is 6.93. The van der Waals surface area contributed by atoms with Crippen LogP contribution in [0.5, 0.6) is 0 Å². The minimum atomic E-state index is 0.117. The van der Waals surface area contributed by atoms with Crippen LogP contribution in [0.15, 0.2) is 54.9 Å². The molecule has 2 heterocycles. The Labute approximate surface area is 146 Å². The standard InChI is InChI=1S/C21H19N3O/c25-21(15-7-9-18-19(12-15)23-13-22-18)24-11-3-6-17-16-5-2-1-4-14(16)8-10-20(17)24/h1-2,4-7,9,12-13,20H,3,8,10-11H2,(H,22,23). The van der Waals surface area contributed by atoms with Crippen molar-refractivity contribution in [2.45, 2.75) is 25.3 Å². The third-order valence-corrected chi connectivity index (χ3v) is 5.41. The number of amides is 1. The Morgan fingerprint density at radius 3 is 3.08 bits per heavy atom. The van der Waals surface area contributed by atoms with Crippen molar-refractivity contribution < 1.29 is 4.79 Å². The molecule has 0 bridgehead atoms. The molecule has 0 fully saturated rings. The Morgan fingerprint density at radius 2 is 2.12 bits per heavy atom. The van der Waals surface area contributed by atoms with E-state index in [4.69, 9.17) is 0 Å². The number of benzene rings is 2. The van der Waals surface area contributed by atoms with Gasteiger partial charge in [-0.3, -0.25) is 4.79 Å².